The number of piperazine rings is 1. The molecule has 2 aliphatic rings. The molecule has 0 spiro atoms. The predicted octanol–water partition coefficient (Wildman–Crippen LogP) is -0.244. The fourth-order valence-electron chi connectivity index (χ4n) is 1.86. The van der Waals surface area contributed by atoms with E-state index in [2.05, 4.69) is 11.9 Å². The van der Waals surface area contributed by atoms with Gasteiger partial charge >= 0.3 is 6.03 Å². The number of amides is 3. The lowest BCUT2D eigenvalue weighted by molar-refractivity contribution is -0.131. The molecule has 1 atom stereocenters. The molecular formula is C9H13N3O2. The number of urea groups is 1. The van der Waals surface area contributed by atoms with E-state index < -0.39 is 0 Å². The van der Waals surface area contributed by atoms with Crippen molar-refractivity contribution in [3.05, 3.63) is 12.3 Å². The third kappa shape index (κ3) is 1.16. The maximum Gasteiger partial charge on any atom is 0.327 e. The zero-order valence-electron chi connectivity index (χ0n) is 8.12. The van der Waals surface area contributed by atoms with Crippen molar-refractivity contribution in [2.24, 2.45) is 0 Å². The molecule has 0 unspecified atom stereocenters. The molecule has 2 heterocycles. The van der Waals surface area contributed by atoms with E-state index in [1.807, 2.05) is 0 Å². The molecule has 0 aromatic heterocycles. The van der Waals surface area contributed by atoms with Crippen molar-refractivity contribution in [1.82, 2.24) is 15.1 Å². The molecule has 14 heavy (non-hydrogen) atoms. The van der Waals surface area contributed by atoms with Crippen LogP contribution in [-0.4, -0.2) is 47.9 Å². The smallest absolute Gasteiger partial charge is 0.327 e. The molecule has 0 aliphatic carbocycles. The Bertz CT molecular complexity index is 313. The number of fused-ring (bicyclic) bond motifs is 1. The van der Waals surface area contributed by atoms with Gasteiger partial charge in [0.2, 0.25) is 5.91 Å². The van der Waals surface area contributed by atoms with Gasteiger partial charge < -0.3 is 10.2 Å². The molecule has 2 fully saturated rings. The molecule has 0 saturated carbocycles. The fraction of sp³-hybridized carbons (Fsp3) is 0.556. The predicted molar refractivity (Wildman–Crippen MR) is 50.4 cm³/mol. The van der Waals surface area contributed by atoms with Crippen LogP contribution in [0.1, 0.15) is 6.42 Å². The molecule has 2 saturated heterocycles. The Kier molecular flexibility index (Phi) is 1.94. The molecule has 2 aliphatic heterocycles. The highest BCUT2D eigenvalue weighted by atomic mass is 16.2. The van der Waals surface area contributed by atoms with Crippen LogP contribution in [0.4, 0.5) is 4.79 Å². The zero-order valence-corrected chi connectivity index (χ0v) is 8.12. The molecule has 76 valence electrons. The van der Waals surface area contributed by atoms with Gasteiger partial charge in [-0.15, -0.1) is 0 Å². The third-order valence-corrected chi connectivity index (χ3v) is 2.76. The molecule has 1 N–H and O–H groups in total. The number of nitrogens with zero attached hydrogens (tertiary/aromatic N) is 2. The minimum absolute atomic E-state index is 0.138. The van der Waals surface area contributed by atoms with Gasteiger partial charge in [0.1, 0.15) is 0 Å². The standard InChI is InChI=1S/C9H13N3O2/c1-6-7-5-8(13)11(2)9(14)12(7)4-3-10-6/h7,10H,1,3-5H2,2H3/t7-/m0/s1. The number of hydrogen-bond acceptors (Lipinski definition) is 3. The lowest BCUT2D eigenvalue weighted by atomic mass is 10.0. The van der Waals surface area contributed by atoms with E-state index in [1.54, 1.807) is 4.90 Å². The van der Waals surface area contributed by atoms with Crippen LogP contribution in [0.2, 0.25) is 0 Å². The molecule has 0 bridgehead atoms. The second kappa shape index (κ2) is 3.01. The van der Waals surface area contributed by atoms with E-state index in [9.17, 15) is 9.59 Å². The minimum atomic E-state index is -0.214. The Morgan fingerprint density at radius 2 is 2.21 bits per heavy atom. The molecule has 3 amide bonds. The number of hydrogen-bond donors (Lipinski definition) is 1. The van der Waals surface area contributed by atoms with E-state index in [4.69, 9.17) is 0 Å². The van der Waals surface area contributed by atoms with E-state index in [-0.39, 0.29) is 18.0 Å². The monoisotopic (exact) mass is 195 g/mol. The Morgan fingerprint density at radius 3 is 2.93 bits per heavy atom. The Balaban J connectivity index is 2.26. The van der Waals surface area contributed by atoms with Crippen LogP contribution in [0.25, 0.3) is 0 Å². The van der Waals surface area contributed by atoms with Gasteiger partial charge in [-0.1, -0.05) is 6.58 Å². The first-order valence-corrected chi connectivity index (χ1v) is 4.61. The number of rotatable bonds is 0. The summed E-state index contributed by atoms with van der Waals surface area (Å²) < 4.78 is 0. The first-order valence-electron chi connectivity index (χ1n) is 4.61. The van der Waals surface area contributed by atoms with Crippen LogP contribution in [0.3, 0.4) is 0 Å². The molecule has 0 aromatic carbocycles. The second-order valence-electron chi connectivity index (χ2n) is 3.60. The van der Waals surface area contributed by atoms with Crippen LogP contribution < -0.4 is 5.32 Å². The highest BCUT2D eigenvalue weighted by Gasteiger charge is 2.39. The van der Waals surface area contributed by atoms with Crippen molar-refractivity contribution < 1.29 is 9.59 Å². The summed E-state index contributed by atoms with van der Waals surface area (Å²) in [6.07, 6.45) is 0.341. The van der Waals surface area contributed by atoms with Crippen LogP contribution >= 0.6 is 0 Å². The van der Waals surface area contributed by atoms with Crippen molar-refractivity contribution in [3.8, 4) is 0 Å². The molecule has 5 heteroatoms. The Morgan fingerprint density at radius 1 is 1.50 bits per heavy atom. The zero-order chi connectivity index (χ0) is 10.3. The fourth-order valence-corrected chi connectivity index (χ4v) is 1.86. The van der Waals surface area contributed by atoms with Crippen LogP contribution in [-0.2, 0) is 4.79 Å². The third-order valence-electron chi connectivity index (χ3n) is 2.76. The van der Waals surface area contributed by atoms with E-state index in [0.29, 0.717) is 19.5 Å². The summed E-state index contributed by atoms with van der Waals surface area (Å²) in [7, 11) is 1.52. The van der Waals surface area contributed by atoms with Gasteiger partial charge in [-0.3, -0.25) is 9.69 Å². The van der Waals surface area contributed by atoms with Crippen molar-refractivity contribution in [2.45, 2.75) is 12.5 Å². The number of carbonyl (C=O) groups excluding carboxylic acids is 2. The van der Waals surface area contributed by atoms with E-state index in [0.717, 1.165) is 5.70 Å². The first kappa shape index (κ1) is 9.05. The second-order valence-corrected chi connectivity index (χ2v) is 3.60. The SMILES string of the molecule is C=C1NCCN2C(=O)N(C)C(=O)C[C@@H]12. The first-order chi connectivity index (χ1) is 6.61. The lowest BCUT2D eigenvalue weighted by Gasteiger charge is -2.43. The quantitative estimate of drug-likeness (QED) is 0.580. The number of carbonyl (C=O) groups is 2. The molecular weight excluding hydrogens is 182 g/mol. The van der Waals surface area contributed by atoms with Gasteiger partial charge in [-0.05, 0) is 0 Å². The molecule has 0 aromatic rings. The maximum atomic E-state index is 11.7. The summed E-state index contributed by atoms with van der Waals surface area (Å²) in [5.41, 5.74) is 0.769. The maximum absolute atomic E-state index is 11.7. The minimum Gasteiger partial charge on any atom is -0.385 e. The summed E-state index contributed by atoms with van der Waals surface area (Å²) >= 11 is 0. The van der Waals surface area contributed by atoms with Crippen LogP contribution in [0.15, 0.2) is 12.3 Å². The Labute approximate surface area is 82.4 Å². The highest BCUT2D eigenvalue weighted by molar-refractivity contribution is 5.97. The summed E-state index contributed by atoms with van der Waals surface area (Å²) in [5.74, 6) is -0.138. The van der Waals surface area contributed by atoms with Gasteiger partial charge in [0.25, 0.3) is 0 Å². The van der Waals surface area contributed by atoms with E-state index >= 15 is 0 Å². The topological polar surface area (TPSA) is 52.7 Å². The summed E-state index contributed by atoms with van der Waals surface area (Å²) in [4.78, 5) is 26.0. The molecule has 2 rings (SSSR count). The Hall–Kier alpha value is -1.52. The van der Waals surface area contributed by atoms with Gasteiger partial charge in [-0.25, -0.2) is 4.79 Å². The van der Waals surface area contributed by atoms with Gasteiger partial charge in [0.05, 0.1) is 12.5 Å². The van der Waals surface area contributed by atoms with Gasteiger partial charge in [0, 0.05) is 25.8 Å². The highest BCUT2D eigenvalue weighted by Crippen LogP contribution is 2.22. The number of nitrogens with one attached hydrogen (secondary N) is 1. The summed E-state index contributed by atoms with van der Waals surface area (Å²) in [6.45, 7) is 5.17. The largest absolute Gasteiger partial charge is 0.385 e. The lowest BCUT2D eigenvalue weighted by Crippen LogP contribution is -2.61. The van der Waals surface area contributed by atoms with Crippen LogP contribution in [0, 0.1) is 0 Å². The number of imide groups is 1. The molecule has 0 radical (unpaired) electrons. The normalized spacial score (nSPS) is 27.5. The molecule has 5 nitrogen and oxygen atoms in total. The van der Waals surface area contributed by atoms with Gasteiger partial charge in [0.15, 0.2) is 0 Å². The van der Waals surface area contributed by atoms with Crippen molar-refractivity contribution in [1.29, 1.82) is 0 Å². The average Bonchev–Trinajstić information content (AvgIpc) is 2.17. The van der Waals surface area contributed by atoms with Crippen molar-refractivity contribution in [2.75, 3.05) is 20.1 Å². The average molecular weight is 195 g/mol. The van der Waals surface area contributed by atoms with Crippen LogP contribution in [0.5, 0.6) is 0 Å². The van der Waals surface area contributed by atoms with Crippen molar-refractivity contribution >= 4 is 11.9 Å². The van der Waals surface area contributed by atoms with Gasteiger partial charge in [-0.2, -0.15) is 0 Å². The van der Waals surface area contributed by atoms with E-state index in [1.165, 1.54) is 11.9 Å². The summed E-state index contributed by atoms with van der Waals surface area (Å²) in [6, 6.07) is -0.367. The van der Waals surface area contributed by atoms with Crippen molar-refractivity contribution in [3.63, 3.8) is 0 Å². The summed E-state index contributed by atoms with van der Waals surface area (Å²) in [5, 5.41) is 3.08.